The van der Waals surface area contributed by atoms with Crippen LogP contribution in [0.4, 0.5) is 0 Å². The Morgan fingerprint density at radius 3 is 2.30 bits per heavy atom. The highest BCUT2D eigenvalue weighted by atomic mass is 35.5. The van der Waals surface area contributed by atoms with Crippen molar-refractivity contribution in [2.45, 2.75) is 30.6 Å². The number of hydrogen-bond acceptors (Lipinski definition) is 9. The average molecular weight is 481 g/mol. The van der Waals surface area contributed by atoms with Gasteiger partial charge in [-0.25, -0.2) is 0 Å². The highest BCUT2D eigenvalue weighted by Gasteiger charge is 2.68. The van der Waals surface area contributed by atoms with E-state index in [4.69, 9.17) is 5.73 Å². The van der Waals surface area contributed by atoms with Crippen LogP contribution in [0.25, 0.3) is 5.76 Å². The van der Waals surface area contributed by atoms with Crippen LogP contribution in [0.1, 0.15) is 24.0 Å². The highest BCUT2D eigenvalue weighted by Crippen LogP contribution is 2.55. The molecule has 0 spiro atoms. The number of aliphatic hydroxyl groups is 4. The molecule has 3 aliphatic carbocycles. The van der Waals surface area contributed by atoms with Gasteiger partial charge in [0.05, 0.1) is 23.6 Å². The number of carbonyl (C=O) groups excluding carboxylic acids is 3. The van der Waals surface area contributed by atoms with Crippen molar-refractivity contribution < 1.29 is 39.9 Å². The summed E-state index contributed by atoms with van der Waals surface area (Å²) in [6.45, 7) is 1.68. The van der Waals surface area contributed by atoms with Crippen LogP contribution in [-0.2, 0) is 14.4 Å². The Bertz CT molecular complexity index is 1140. The number of benzene rings is 1. The quantitative estimate of drug-likeness (QED) is 0.315. The molecule has 1 amide bonds. The molecule has 1 fully saturated rings. The predicted octanol–water partition coefficient (Wildman–Crippen LogP) is -0.0824. The van der Waals surface area contributed by atoms with Crippen molar-refractivity contribution in [1.29, 1.82) is 0 Å². The molecule has 0 radical (unpaired) electrons. The monoisotopic (exact) mass is 480 g/mol. The number of carbonyl (C=O) groups is 3. The second-order valence-electron chi connectivity index (χ2n) is 8.79. The number of amides is 1. The molecule has 6 atom stereocenters. The zero-order chi connectivity index (χ0) is 23.9. The lowest BCUT2D eigenvalue weighted by atomic mass is 9.54. The van der Waals surface area contributed by atoms with Gasteiger partial charge in [-0.3, -0.25) is 19.3 Å². The van der Waals surface area contributed by atoms with Gasteiger partial charge in [0, 0.05) is 11.5 Å². The molecule has 0 saturated heterocycles. The van der Waals surface area contributed by atoms with Gasteiger partial charge in [-0.15, -0.1) is 12.4 Å². The molecule has 0 aliphatic heterocycles. The Labute approximate surface area is 195 Å². The smallest absolute Gasteiger partial charge is 0.255 e. The molecule has 1 saturated carbocycles. The first-order chi connectivity index (χ1) is 14.9. The van der Waals surface area contributed by atoms with Crippen molar-refractivity contribution in [2.24, 2.45) is 17.6 Å². The molecular weight excluding hydrogens is 456 g/mol. The molecule has 3 aliphatic rings. The van der Waals surface area contributed by atoms with Crippen molar-refractivity contribution in [3.63, 3.8) is 0 Å². The van der Waals surface area contributed by atoms with Crippen LogP contribution in [0, 0.1) is 11.8 Å². The largest absolute Gasteiger partial charge is 0.508 e. The first kappa shape index (κ1) is 24.7. The fourth-order valence-corrected chi connectivity index (χ4v) is 5.58. The highest BCUT2D eigenvalue weighted by molar-refractivity contribution is 6.24. The Hall–Kier alpha value is -2.92. The number of nitrogens with zero attached hydrogens (tertiary/aromatic N) is 1. The molecule has 2 unspecified atom stereocenters. The molecule has 11 heteroatoms. The number of likely N-dealkylation sites (N-methyl/N-ethyl adjacent to an activating group) is 1. The third-order valence-electron chi connectivity index (χ3n) is 6.99. The number of Topliss-reactive ketones (excluding diaryl/α,β-unsaturated/α-hetero) is 2. The molecule has 0 heterocycles. The number of phenolic OH excluding ortho intramolecular Hbond substituents is 1. The number of hydrogen-bond donors (Lipinski definition) is 6. The standard InChI is InChI=1S/C22H24N2O8.ClH/c1-7-8-5-4-6-9(25)11(8)16(26)12-10(7)17(27)14-15(24(2)3)18(28)13(21(23)31)20(30)22(14,32)19(12)29;/h4-7,10,14-15,17,25-27,30,32H,1-3H3,(H2,23,31);1H/t7-,10?,14?,15-,17-,22-;/m1./s1. The molecule has 1 aromatic carbocycles. The number of nitrogens with two attached hydrogens (primary N) is 1. The van der Waals surface area contributed by atoms with Crippen LogP contribution in [0.3, 0.4) is 0 Å². The van der Waals surface area contributed by atoms with Crippen molar-refractivity contribution >= 4 is 35.6 Å². The third kappa shape index (κ3) is 2.95. The van der Waals surface area contributed by atoms with Gasteiger partial charge >= 0.3 is 0 Å². The van der Waals surface area contributed by atoms with E-state index in [0.717, 1.165) is 0 Å². The summed E-state index contributed by atoms with van der Waals surface area (Å²) in [5.74, 6) is -8.87. The summed E-state index contributed by atoms with van der Waals surface area (Å²) < 4.78 is 0. The first-order valence-electron chi connectivity index (χ1n) is 10.0. The summed E-state index contributed by atoms with van der Waals surface area (Å²) in [6.07, 6.45) is -1.59. The maximum atomic E-state index is 13.7. The zero-order valence-corrected chi connectivity index (χ0v) is 18.8. The van der Waals surface area contributed by atoms with Gasteiger partial charge < -0.3 is 31.3 Å². The van der Waals surface area contributed by atoms with E-state index in [0.29, 0.717) is 5.56 Å². The van der Waals surface area contributed by atoms with Gasteiger partial charge in [-0.2, -0.15) is 0 Å². The lowest BCUT2D eigenvalue weighted by Crippen LogP contribution is -2.70. The summed E-state index contributed by atoms with van der Waals surface area (Å²) in [4.78, 5) is 40.0. The maximum Gasteiger partial charge on any atom is 0.255 e. The number of rotatable bonds is 2. The summed E-state index contributed by atoms with van der Waals surface area (Å²) in [5.41, 5.74) is 1.47. The Morgan fingerprint density at radius 2 is 1.76 bits per heavy atom. The van der Waals surface area contributed by atoms with Crippen LogP contribution >= 0.6 is 12.4 Å². The van der Waals surface area contributed by atoms with Gasteiger partial charge in [-0.05, 0) is 31.6 Å². The molecule has 1 aromatic rings. The van der Waals surface area contributed by atoms with Gasteiger partial charge in [-0.1, -0.05) is 19.1 Å². The van der Waals surface area contributed by atoms with Gasteiger partial charge in [0.1, 0.15) is 22.8 Å². The van der Waals surface area contributed by atoms with Crippen molar-refractivity contribution in [2.75, 3.05) is 14.1 Å². The zero-order valence-electron chi connectivity index (χ0n) is 18.0. The van der Waals surface area contributed by atoms with E-state index >= 15 is 0 Å². The van der Waals surface area contributed by atoms with Crippen LogP contribution in [0.5, 0.6) is 5.75 Å². The van der Waals surface area contributed by atoms with E-state index in [1.165, 1.54) is 25.1 Å². The number of fused-ring (bicyclic) bond motifs is 3. The number of primary amides is 1. The third-order valence-corrected chi connectivity index (χ3v) is 6.99. The second kappa shape index (κ2) is 7.84. The minimum atomic E-state index is -2.89. The van der Waals surface area contributed by atoms with Crippen molar-refractivity contribution in [3.05, 3.63) is 46.2 Å². The minimum Gasteiger partial charge on any atom is -0.508 e. The van der Waals surface area contributed by atoms with Crippen LogP contribution in [0.15, 0.2) is 35.1 Å². The molecule has 178 valence electrons. The number of aromatic hydroxyl groups is 1. The number of aliphatic hydroxyl groups excluding tert-OH is 3. The van der Waals surface area contributed by atoms with E-state index in [9.17, 15) is 39.9 Å². The fourth-order valence-electron chi connectivity index (χ4n) is 5.58. The summed E-state index contributed by atoms with van der Waals surface area (Å²) in [6, 6.07) is 3.13. The Kier molecular flexibility index (Phi) is 5.87. The molecule has 0 bridgehead atoms. The molecular formula is C22H25ClN2O8. The molecule has 0 aromatic heterocycles. The number of halogens is 1. The van der Waals surface area contributed by atoms with E-state index < -0.39 is 75.6 Å². The maximum absolute atomic E-state index is 13.7. The van der Waals surface area contributed by atoms with E-state index in [-0.39, 0.29) is 23.7 Å². The molecule has 4 rings (SSSR count). The second-order valence-corrected chi connectivity index (χ2v) is 8.79. The molecule has 7 N–H and O–H groups in total. The average Bonchev–Trinajstić information content (AvgIpc) is 2.70. The van der Waals surface area contributed by atoms with Crippen LogP contribution in [-0.4, -0.2) is 79.7 Å². The van der Waals surface area contributed by atoms with Gasteiger partial charge in [0.25, 0.3) is 5.91 Å². The van der Waals surface area contributed by atoms with Crippen LogP contribution < -0.4 is 5.73 Å². The normalized spacial score (nSPS) is 33.3. The lowest BCUT2D eigenvalue weighted by Gasteiger charge is -2.53. The summed E-state index contributed by atoms with van der Waals surface area (Å²) in [7, 11) is 2.92. The van der Waals surface area contributed by atoms with Crippen molar-refractivity contribution in [1.82, 2.24) is 4.90 Å². The van der Waals surface area contributed by atoms with E-state index in [2.05, 4.69) is 0 Å². The van der Waals surface area contributed by atoms with Crippen molar-refractivity contribution in [3.8, 4) is 5.75 Å². The lowest BCUT2D eigenvalue weighted by molar-refractivity contribution is -0.169. The number of phenols is 1. The SMILES string of the molecule is C[C@@H]1c2cccc(O)c2C(O)=C2C(=O)[C@@]3(O)C(O)=C(C(N)=O)C(=O)[C@H](N(C)C)C3[C@H](O)C21.Cl. The molecule has 33 heavy (non-hydrogen) atoms. The van der Waals surface area contributed by atoms with E-state index in [1.807, 2.05) is 0 Å². The van der Waals surface area contributed by atoms with Gasteiger partial charge in [0.2, 0.25) is 5.78 Å². The minimum absolute atomic E-state index is 0. The molecule has 10 nitrogen and oxygen atoms in total. The Balaban J connectivity index is 0.00000306. The summed E-state index contributed by atoms with van der Waals surface area (Å²) >= 11 is 0. The van der Waals surface area contributed by atoms with Crippen LogP contribution in [0.2, 0.25) is 0 Å². The fraction of sp³-hybridized carbons (Fsp3) is 0.409. The topological polar surface area (TPSA) is 182 Å². The summed E-state index contributed by atoms with van der Waals surface area (Å²) in [5, 5.41) is 54.9. The first-order valence-corrected chi connectivity index (χ1v) is 10.0. The Morgan fingerprint density at radius 1 is 1.15 bits per heavy atom. The predicted molar refractivity (Wildman–Crippen MR) is 118 cm³/mol. The number of ketones is 2. The van der Waals surface area contributed by atoms with E-state index in [1.54, 1.807) is 19.1 Å². The van der Waals surface area contributed by atoms with Gasteiger partial charge in [0.15, 0.2) is 11.4 Å².